The number of halogens is 3. The van der Waals surface area contributed by atoms with Crippen LogP contribution in [-0.4, -0.2) is 7.11 Å². The van der Waals surface area contributed by atoms with Crippen LogP contribution >= 0.6 is 39.9 Å². The molecule has 6 heteroatoms. The number of rotatable bonds is 3. The SMILES string of the molecule is CC/C(=C(/Cl)OC)P(=O)(Cl)Cl. The van der Waals surface area contributed by atoms with Gasteiger partial charge in [-0.1, -0.05) is 6.92 Å². The number of ether oxygens (including phenoxy) is 1. The van der Waals surface area contributed by atoms with Gasteiger partial charge in [0.1, 0.15) is 0 Å². The summed E-state index contributed by atoms with van der Waals surface area (Å²) in [6.07, 6.45) is 0.414. The summed E-state index contributed by atoms with van der Waals surface area (Å²) in [5.41, 5.74) is 0. The van der Waals surface area contributed by atoms with Gasteiger partial charge in [0.25, 0.3) is 5.85 Å². The predicted molar refractivity (Wildman–Crippen MR) is 49.5 cm³/mol. The van der Waals surface area contributed by atoms with Crippen molar-refractivity contribution in [2.45, 2.75) is 13.3 Å². The van der Waals surface area contributed by atoms with E-state index in [9.17, 15) is 4.57 Å². The first-order valence-corrected chi connectivity index (χ1v) is 6.75. The van der Waals surface area contributed by atoms with E-state index in [1.807, 2.05) is 0 Å². The van der Waals surface area contributed by atoms with Crippen LogP contribution in [0.3, 0.4) is 0 Å². The summed E-state index contributed by atoms with van der Waals surface area (Å²) in [5, 5.41) is 0.269. The third-order valence-electron chi connectivity index (χ3n) is 1.06. The van der Waals surface area contributed by atoms with Crippen LogP contribution in [0.15, 0.2) is 10.5 Å². The van der Waals surface area contributed by atoms with Crippen LogP contribution in [0.5, 0.6) is 0 Å². The molecule has 0 atom stereocenters. The Labute approximate surface area is 80.4 Å². The molecule has 0 aromatic heterocycles. The first-order chi connectivity index (χ1) is 4.93. The molecule has 0 aliphatic carbocycles. The van der Waals surface area contributed by atoms with E-state index in [2.05, 4.69) is 4.74 Å². The third kappa shape index (κ3) is 3.71. The number of hydrogen-bond donors (Lipinski definition) is 0. The molecule has 0 spiro atoms. The summed E-state index contributed by atoms with van der Waals surface area (Å²) >= 11 is 16.3. The van der Waals surface area contributed by atoms with Crippen molar-refractivity contribution >= 4 is 39.9 Å². The molecular weight excluding hydrogens is 229 g/mol. The topological polar surface area (TPSA) is 26.3 Å². The molecule has 0 rings (SSSR count). The third-order valence-corrected chi connectivity index (χ3v) is 3.94. The van der Waals surface area contributed by atoms with Crippen LogP contribution in [0.4, 0.5) is 0 Å². The van der Waals surface area contributed by atoms with Gasteiger partial charge in [-0.25, -0.2) is 0 Å². The highest BCUT2D eigenvalue weighted by Crippen LogP contribution is 2.65. The van der Waals surface area contributed by atoms with Crippen molar-refractivity contribution in [3.63, 3.8) is 0 Å². The molecule has 0 fully saturated rings. The van der Waals surface area contributed by atoms with Crippen molar-refractivity contribution in [3.05, 3.63) is 10.5 Å². The molecule has 0 unspecified atom stereocenters. The molecule has 0 amide bonds. The van der Waals surface area contributed by atoms with E-state index in [1.165, 1.54) is 7.11 Å². The molecule has 11 heavy (non-hydrogen) atoms. The molecule has 0 aliphatic rings. The lowest BCUT2D eigenvalue weighted by molar-refractivity contribution is 0.318. The second kappa shape index (κ2) is 4.61. The Hall–Kier alpha value is 0.640. The van der Waals surface area contributed by atoms with Gasteiger partial charge in [-0.05, 0) is 40.5 Å². The minimum absolute atomic E-state index is 0.0147. The predicted octanol–water partition coefficient (Wildman–Crippen LogP) is 4.12. The Kier molecular flexibility index (Phi) is 4.88. The summed E-state index contributed by atoms with van der Waals surface area (Å²) < 4.78 is 15.7. The van der Waals surface area contributed by atoms with Crippen LogP contribution in [0, 0.1) is 0 Å². The van der Waals surface area contributed by atoms with Gasteiger partial charge in [0.2, 0.25) is 0 Å². The van der Waals surface area contributed by atoms with Gasteiger partial charge in [-0.3, -0.25) is 4.57 Å². The molecule has 0 N–H and O–H groups in total. The van der Waals surface area contributed by atoms with E-state index in [0.29, 0.717) is 6.42 Å². The zero-order valence-corrected chi connectivity index (χ0v) is 9.27. The second-order valence-corrected chi connectivity index (χ2v) is 6.92. The lowest BCUT2D eigenvalue weighted by Crippen LogP contribution is -1.83. The maximum atomic E-state index is 11.1. The van der Waals surface area contributed by atoms with Crippen molar-refractivity contribution in [1.82, 2.24) is 0 Å². The highest BCUT2D eigenvalue weighted by atomic mass is 35.9. The van der Waals surface area contributed by atoms with E-state index >= 15 is 0 Å². The zero-order chi connectivity index (χ0) is 9.07. The minimum atomic E-state index is -3.28. The van der Waals surface area contributed by atoms with Gasteiger partial charge >= 0.3 is 0 Å². The van der Waals surface area contributed by atoms with Crippen molar-refractivity contribution in [3.8, 4) is 0 Å². The Morgan fingerprint density at radius 3 is 2.09 bits per heavy atom. The average Bonchev–Trinajstić information content (AvgIpc) is 1.86. The van der Waals surface area contributed by atoms with E-state index in [1.54, 1.807) is 6.92 Å². The zero-order valence-electron chi connectivity index (χ0n) is 6.10. The number of allylic oxidation sites excluding steroid dienone is 1. The van der Waals surface area contributed by atoms with Gasteiger partial charge in [0, 0.05) is 0 Å². The van der Waals surface area contributed by atoms with Crippen molar-refractivity contribution in [2.75, 3.05) is 7.11 Å². The fraction of sp³-hybridized carbons (Fsp3) is 0.600. The number of hydrogen-bond acceptors (Lipinski definition) is 2. The Balaban J connectivity index is 4.82. The van der Waals surface area contributed by atoms with Gasteiger partial charge in [-0.2, -0.15) is 0 Å². The molecule has 2 nitrogen and oxygen atoms in total. The summed E-state index contributed by atoms with van der Waals surface area (Å²) in [6.45, 7) is 1.74. The van der Waals surface area contributed by atoms with Crippen LogP contribution in [0.25, 0.3) is 0 Å². The molecule has 66 valence electrons. The second-order valence-electron chi connectivity index (χ2n) is 1.74. The Morgan fingerprint density at radius 2 is 2.00 bits per heavy atom. The highest BCUT2D eigenvalue weighted by molar-refractivity contribution is 8.11. The van der Waals surface area contributed by atoms with Gasteiger partial charge < -0.3 is 4.74 Å². The lowest BCUT2D eigenvalue weighted by atomic mass is 10.5. The van der Waals surface area contributed by atoms with Gasteiger partial charge in [0.05, 0.1) is 12.4 Å². The normalized spacial score (nSPS) is 14.3. The Morgan fingerprint density at radius 1 is 1.55 bits per heavy atom. The van der Waals surface area contributed by atoms with Crippen molar-refractivity contribution in [2.24, 2.45) is 0 Å². The largest absolute Gasteiger partial charge is 0.486 e. The van der Waals surface area contributed by atoms with Gasteiger partial charge in [-0.15, -0.1) is 0 Å². The number of methoxy groups -OCH3 is 1. The van der Waals surface area contributed by atoms with Crippen molar-refractivity contribution in [1.29, 1.82) is 0 Å². The quantitative estimate of drug-likeness (QED) is 0.545. The first-order valence-electron chi connectivity index (χ1n) is 2.86. The van der Waals surface area contributed by atoms with Crippen LogP contribution in [0.1, 0.15) is 13.3 Å². The lowest BCUT2D eigenvalue weighted by Gasteiger charge is -2.07. The maximum absolute atomic E-state index is 11.1. The van der Waals surface area contributed by atoms with E-state index in [0.717, 1.165) is 0 Å². The summed E-state index contributed by atoms with van der Waals surface area (Å²) in [7, 11) is 1.36. The standard InChI is InChI=1S/C5H8Cl3O2P/c1-3-4(5(6)10-2)11(7,8)9/h3H2,1-2H3/b5-4+. The fourth-order valence-electron chi connectivity index (χ4n) is 0.543. The smallest absolute Gasteiger partial charge is 0.282 e. The maximum Gasteiger partial charge on any atom is 0.282 e. The summed E-state index contributed by atoms with van der Waals surface area (Å²) in [5.74, 6) is -3.28. The molecule has 0 saturated carbocycles. The monoisotopic (exact) mass is 236 g/mol. The van der Waals surface area contributed by atoms with Crippen LogP contribution in [-0.2, 0) is 9.30 Å². The molecule has 0 heterocycles. The van der Waals surface area contributed by atoms with Crippen LogP contribution in [0.2, 0.25) is 0 Å². The summed E-state index contributed by atoms with van der Waals surface area (Å²) in [6, 6.07) is 0. The molecule has 0 aliphatic heterocycles. The fourth-order valence-corrected chi connectivity index (χ4v) is 3.14. The molecule has 0 radical (unpaired) electrons. The molecule has 0 aromatic rings. The van der Waals surface area contributed by atoms with E-state index in [4.69, 9.17) is 34.1 Å². The van der Waals surface area contributed by atoms with E-state index in [-0.39, 0.29) is 10.5 Å². The average molecular weight is 237 g/mol. The van der Waals surface area contributed by atoms with Crippen LogP contribution < -0.4 is 0 Å². The molecular formula is C5H8Cl3O2P. The summed E-state index contributed by atoms with van der Waals surface area (Å²) in [4.78, 5) is 0. The molecule has 0 saturated heterocycles. The Bertz CT molecular complexity index is 208. The van der Waals surface area contributed by atoms with E-state index < -0.39 is 5.85 Å². The van der Waals surface area contributed by atoms with Crippen molar-refractivity contribution < 1.29 is 9.30 Å². The molecule has 0 bridgehead atoms. The molecule has 0 aromatic carbocycles. The minimum Gasteiger partial charge on any atom is -0.486 e. The highest BCUT2D eigenvalue weighted by Gasteiger charge is 2.23. The van der Waals surface area contributed by atoms with Gasteiger partial charge in [0.15, 0.2) is 5.22 Å². The first kappa shape index (κ1) is 11.6.